The average Bonchev–Trinajstić information content (AvgIpc) is 2.70. The van der Waals surface area contributed by atoms with E-state index in [0.717, 1.165) is 13.1 Å². The first-order valence-electron chi connectivity index (χ1n) is 5.63. The van der Waals surface area contributed by atoms with Crippen molar-refractivity contribution in [2.45, 2.75) is 26.7 Å². The van der Waals surface area contributed by atoms with Gasteiger partial charge in [-0.25, -0.2) is 0 Å². The van der Waals surface area contributed by atoms with Crippen LogP contribution in [0.2, 0.25) is 0 Å². The maximum absolute atomic E-state index is 11.7. The van der Waals surface area contributed by atoms with Crippen LogP contribution in [0.5, 0.6) is 0 Å². The second kappa shape index (κ2) is 5.71. The number of alkyl halides is 1. The Balaban J connectivity index is 2.16. The van der Waals surface area contributed by atoms with E-state index in [4.69, 9.17) is 11.6 Å². The van der Waals surface area contributed by atoms with Gasteiger partial charge in [0.2, 0.25) is 5.91 Å². The van der Waals surface area contributed by atoms with Gasteiger partial charge in [0, 0.05) is 19.0 Å². The Bertz CT molecular complexity index is 213. The Kier molecular flexibility index (Phi) is 4.87. The van der Waals surface area contributed by atoms with Gasteiger partial charge in [-0.15, -0.1) is 11.6 Å². The third-order valence-corrected chi connectivity index (χ3v) is 3.53. The number of hydrogen-bond acceptors (Lipinski definition) is 2. The minimum absolute atomic E-state index is 0.0525. The number of halogens is 1. The highest BCUT2D eigenvalue weighted by Crippen LogP contribution is 2.16. The van der Waals surface area contributed by atoms with Gasteiger partial charge in [0.25, 0.3) is 0 Å². The molecule has 0 aromatic heterocycles. The molecule has 1 heterocycles. The molecule has 1 aliphatic heterocycles. The lowest BCUT2D eigenvalue weighted by molar-refractivity contribution is -0.128. The normalized spacial score (nSPS) is 18.1. The van der Waals surface area contributed by atoms with Crippen LogP contribution >= 0.6 is 11.6 Å². The van der Waals surface area contributed by atoms with Crippen molar-refractivity contribution in [3.63, 3.8) is 0 Å². The van der Waals surface area contributed by atoms with Crippen molar-refractivity contribution >= 4 is 17.5 Å². The van der Waals surface area contributed by atoms with Crippen LogP contribution in [0.3, 0.4) is 0 Å². The summed E-state index contributed by atoms with van der Waals surface area (Å²) in [5.74, 6) is 0.416. The number of likely N-dealkylation sites (tertiary alicyclic amines) is 1. The largest absolute Gasteiger partial charge is 0.354 e. The number of carbonyl (C=O) groups is 1. The van der Waals surface area contributed by atoms with E-state index in [-0.39, 0.29) is 5.91 Å². The van der Waals surface area contributed by atoms with Crippen molar-refractivity contribution in [1.29, 1.82) is 0 Å². The lowest BCUT2D eigenvalue weighted by atomic mass is 9.95. The molecule has 4 heteroatoms. The highest BCUT2D eigenvalue weighted by atomic mass is 35.5. The van der Waals surface area contributed by atoms with E-state index < -0.39 is 5.41 Å². The van der Waals surface area contributed by atoms with Crippen LogP contribution in [-0.4, -0.2) is 42.9 Å². The maximum Gasteiger partial charge on any atom is 0.226 e. The summed E-state index contributed by atoms with van der Waals surface area (Å²) >= 11 is 5.72. The van der Waals surface area contributed by atoms with Crippen molar-refractivity contribution < 1.29 is 4.79 Å². The molecular weight excluding hydrogens is 212 g/mol. The summed E-state index contributed by atoms with van der Waals surface area (Å²) in [6.07, 6.45) is 2.59. The minimum Gasteiger partial charge on any atom is -0.354 e. The van der Waals surface area contributed by atoms with E-state index in [1.165, 1.54) is 25.9 Å². The lowest BCUT2D eigenvalue weighted by Gasteiger charge is -2.21. The van der Waals surface area contributed by atoms with Crippen LogP contribution in [0, 0.1) is 5.41 Å². The Morgan fingerprint density at radius 2 is 2.00 bits per heavy atom. The number of rotatable bonds is 5. The standard InChI is InChI=1S/C11H21ClN2O/c1-11(2,9-12)10(15)13-5-8-14-6-3-4-7-14/h3-9H2,1-2H3,(H,13,15). The maximum atomic E-state index is 11.7. The zero-order valence-corrected chi connectivity index (χ0v) is 10.4. The van der Waals surface area contributed by atoms with Crippen LogP contribution in [0.15, 0.2) is 0 Å². The van der Waals surface area contributed by atoms with Gasteiger partial charge in [0.15, 0.2) is 0 Å². The topological polar surface area (TPSA) is 32.3 Å². The molecule has 88 valence electrons. The van der Waals surface area contributed by atoms with E-state index in [9.17, 15) is 4.79 Å². The summed E-state index contributed by atoms with van der Waals surface area (Å²) in [4.78, 5) is 14.0. The smallest absolute Gasteiger partial charge is 0.226 e. The molecule has 3 nitrogen and oxygen atoms in total. The van der Waals surface area contributed by atoms with Crippen molar-refractivity contribution in [3.05, 3.63) is 0 Å². The molecule has 0 atom stereocenters. The van der Waals surface area contributed by atoms with Gasteiger partial charge in [-0.05, 0) is 39.8 Å². The van der Waals surface area contributed by atoms with Crippen LogP contribution in [0.1, 0.15) is 26.7 Å². The molecule has 1 fully saturated rings. The van der Waals surface area contributed by atoms with Crippen molar-refractivity contribution in [3.8, 4) is 0 Å². The quantitative estimate of drug-likeness (QED) is 0.728. The molecule has 0 aromatic carbocycles. The Morgan fingerprint density at radius 3 is 2.53 bits per heavy atom. The van der Waals surface area contributed by atoms with Crippen LogP contribution in [0.4, 0.5) is 0 Å². The molecule has 1 aliphatic rings. The predicted molar refractivity (Wildman–Crippen MR) is 63.2 cm³/mol. The molecular formula is C11H21ClN2O. The Morgan fingerprint density at radius 1 is 1.40 bits per heavy atom. The monoisotopic (exact) mass is 232 g/mol. The van der Waals surface area contributed by atoms with Gasteiger partial charge >= 0.3 is 0 Å². The van der Waals surface area contributed by atoms with Gasteiger partial charge in [0.05, 0.1) is 5.41 Å². The summed E-state index contributed by atoms with van der Waals surface area (Å²) in [5.41, 5.74) is -0.452. The second-order valence-corrected chi connectivity index (χ2v) is 5.09. The van der Waals surface area contributed by atoms with Crippen molar-refractivity contribution in [2.75, 3.05) is 32.1 Å². The summed E-state index contributed by atoms with van der Waals surface area (Å²) in [6, 6.07) is 0. The van der Waals surface area contributed by atoms with Crippen LogP contribution < -0.4 is 5.32 Å². The Hall–Kier alpha value is -0.280. The molecule has 0 aromatic rings. The Labute approximate surface area is 97.2 Å². The zero-order chi connectivity index (χ0) is 11.3. The summed E-state index contributed by atoms with van der Waals surface area (Å²) in [5, 5.41) is 2.94. The molecule has 1 saturated heterocycles. The molecule has 1 rings (SSSR count). The number of nitrogens with one attached hydrogen (secondary N) is 1. The number of hydrogen-bond donors (Lipinski definition) is 1. The van der Waals surface area contributed by atoms with Gasteiger partial charge in [0.1, 0.15) is 0 Å². The van der Waals surface area contributed by atoms with Gasteiger partial charge in [-0.3, -0.25) is 4.79 Å². The van der Waals surface area contributed by atoms with E-state index >= 15 is 0 Å². The fraction of sp³-hybridized carbons (Fsp3) is 0.909. The third-order valence-electron chi connectivity index (χ3n) is 2.86. The van der Waals surface area contributed by atoms with Crippen LogP contribution in [0.25, 0.3) is 0 Å². The van der Waals surface area contributed by atoms with Crippen molar-refractivity contribution in [1.82, 2.24) is 10.2 Å². The lowest BCUT2D eigenvalue weighted by Crippen LogP contribution is -2.41. The molecule has 0 bridgehead atoms. The molecule has 0 radical (unpaired) electrons. The van der Waals surface area contributed by atoms with Gasteiger partial charge in [-0.1, -0.05) is 0 Å². The number of carbonyl (C=O) groups excluding carboxylic acids is 1. The first-order valence-corrected chi connectivity index (χ1v) is 6.16. The molecule has 0 unspecified atom stereocenters. The molecule has 0 spiro atoms. The van der Waals surface area contributed by atoms with E-state index in [0.29, 0.717) is 5.88 Å². The fourth-order valence-electron chi connectivity index (χ4n) is 1.63. The number of amides is 1. The molecule has 0 saturated carbocycles. The second-order valence-electron chi connectivity index (χ2n) is 4.82. The first-order chi connectivity index (χ1) is 7.06. The van der Waals surface area contributed by atoms with Gasteiger partial charge in [-0.2, -0.15) is 0 Å². The summed E-state index contributed by atoms with van der Waals surface area (Å²) in [6.45, 7) is 7.78. The molecule has 1 N–H and O–H groups in total. The highest BCUT2D eigenvalue weighted by molar-refractivity contribution is 6.19. The SMILES string of the molecule is CC(C)(CCl)C(=O)NCCN1CCCC1. The number of nitrogens with zero attached hydrogens (tertiary/aromatic N) is 1. The zero-order valence-electron chi connectivity index (χ0n) is 9.68. The summed E-state index contributed by atoms with van der Waals surface area (Å²) < 4.78 is 0. The first kappa shape index (κ1) is 12.8. The van der Waals surface area contributed by atoms with E-state index in [1.807, 2.05) is 13.8 Å². The molecule has 15 heavy (non-hydrogen) atoms. The fourth-order valence-corrected chi connectivity index (χ4v) is 1.76. The van der Waals surface area contributed by atoms with Crippen molar-refractivity contribution in [2.24, 2.45) is 5.41 Å². The molecule has 1 amide bonds. The van der Waals surface area contributed by atoms with Gasteiger partial charge < -0.3 is 10.2 Å². The summed E-state index contributed by atoms with van der Waals surface area (Å²) in [7, 11) is 0. The molecule has 0 aliphatic carbocycles. The minimum atomic E-state index is -0.452. The predicted octanol–water partition coefficient (Wildman–Crippen LogP) is 1.46. The van der Waals surface area contributed by atoms with E-state index in [1.54, 1.807) is 0 Å². The van der Waals surface area contributed by atoms with Crippen LogP contribution in [-0.2, 0) is 4.79 Å². The van der Waals surface area contributed by atoms with E-state index in [2.05, 4.69) is 10.2 Å². The third kappa shape index (κ3) is 3.99. The average molecular weight is 233 g/mol. The highest BCUT2D eigenvalue weighted by Gasteiger charge is 2.26.